The van der Waals surface area contributed by atoms with Crippen LogP contribution >= 0.6 is 11.6 Å². The van der Waals surface area contributed by atoms with E-state index in [1.165, 1.54) is 19.2 Å². The first-order valence-corrected chi connectivity index (χ1v) is 9.15. The van der Waals surface area contributed by atoms with Gasteiger partial charge in [-0.15, -0.1) is 0 Å². The van der Waals surface area contributed by atoms with Gasteiger partial charge in [-0.3, -0.25) is 20.4 Å². The fourth-order valence-corrected chi connectivity index (χ4v) is 2.38. The normalized spacial score (nSPS) is 10.0. The van der Waals surface area contributed by atoms with Crippen molar-refractivity contribution in [3.63, 3.8) is 0 Å². The van der Waals surface area contributed by atoms with Crippen LogP contribution in [0.1, 0.15) is 34.1 Å². The Morgan fingerprint density at radius 2 is 1.76 bits per heavy atom. The molecule has 0 bridgehead atoms. The molecule has 29 heavy (non-hydrogen) atoms. The van der Waals surface area contributed by atoms with E-state index in [2.05, 4.69) is 10.9 Å². The van der Waals surface area contributed by atoms with Crippen molar-refractivity contribution in [2.45, 2.75) is 13.3 Å². The molecule has 0 fully saturated rings. The Kier molecular flexibility index (Phi) is 8.29. The summed E-state index contributed by atoms with van der Waals surface area (Å²) in [5, 5.41) is 0.335. The molecule has 2 amide bonds. The molecule has 0 heterocycles. The first-order valence-electron chi connectivity index (χ1n) is 8.77. The second-order valence-electron chi connectivity index (χ2n) is 5.80. The van der Waals surface area contributed by atoms with Gasteiger partial charge in [-0.1, -0.05) is 18.5 Å². The Morgan fingerprint density at radius 3 is 2.41 bits per heavy atom. The van der Waals surface area contributed by atoms with Gasteiger partial charge in [-0.25, -0.2) is 4.79 Å². The Hall–Kier alpha value is -3.26. The van der Waals surface area contributed by atoms with Crippen LogP contribution in [-0.4, -0.2) is 38.1 Å². The van der Waals surface area contributed by atoms with Crippen molar-refractivity contribution < 1.29 is 28.6 Å². The van der Waals surface area contributed by atoms with E-state index >= 15 is 0 Å². The van der Waals surface area contributed by atoms with Gasteiger partial charge in [0, 0.05) is 5.02 Å². The maximum Gasteiger partial charge on any atom is 0.338 e. The second kappa shape index (κ2) is 10.9. The van der Waals surface area contributed by atoms with Crippen molar-refractivity contribution in [1.29, 1.82) is 0 Å². The van der Waals surface area contributed by atoms with E-state index in [4.69, 9.17) is 25.8 Å². The summed E-state index contributed by atoms with van der Waals surface area (Å²) in [5.41, 5.74) is 4.78. The van der Waals surface area contributed by atoms with E-state index in [1.807, 2.05) is 6.92 Å². The van der Waals surface area contributed by atoms with Gasteiger partial charge in [-0.2, -0.15) is 0 Å². The van der Waals surface area contributed by atoms with Crippen LogP contribution < -0.4 is 20.3 Å². The van der Waals surface area contributed by atoms with Gasteiger partial charge in [0.2, 0.25) is 0 Å². The summed E-state index contributed by atoms with van der Waals surface area (Å²) >= 11 is 5.87. The molecule has 2 rings (SSSR count). The summed E-state index contributed by atoms with van der Waals surface area (Å²) in [6.45, 7) is 2.00. The molecule has 2 aromatic rings. The molecule has 9 heteroatoms. The minimum absolute atomic E-state index is 0.141. The first-order chi connectivity index (χ1) is 13.9. The Morgan fingerprint density at radius 1 is 1.03 bits per heavy atom. The molecule has 0 aromatic heterocycles. The van der Waals surface area contributed by atoms with Crippen LogP contribution in [0.4, 0.5) is 0 Å². The number of methoxy groups -OCH3 is 1. The number of hydrogen-bond donors (Lipinski definition) is 2. The summed E-state index contributed by atoms with van der Waals surface area (Å²) in [5.74, 6) is -1.09. The van der Waals surface area contributed by atoms with Crippen LogP contribution in [-0.2, 0) is 9.53 Å². The highest BCUT2D eigenvalue weighted by atomic mass is 35.5. The molecular formula is C20H21ClN2O6. The topological polar surface area (TPSA) is 103 Å². The number of nitrogens with one attached hydrogen (secondary N) is 2. The number of ether oxygens (including phenoxy) is 3. The maximum absolute atomic E-state index is 12.2. The zero-order valence-electron chi connectivity index (χ0n) is 16.0. The van der Waals surface area contributed by atoms with Crippen LogP contribution in [0, 0.1) is 0 Å². The fourth-order valence-electron chi connectivity index (χ4n) is 2.21. The number of benzene rings is 2. The summed E-state index contributed by atoms with van der Waals surface area (Å²) in [7, 11) is 1.40. The number of rotatable bonds is 8. The smallest absolute Gasteiger partial charge is 0.338 e. The van der Waals surface area contributed by atoms with Gasteiger partial charge in [0.05, 0.1) is 24.8 Å². The third kappa shape index (κ3) is 6.69. The lowest BCUT2D eigenvalue weighted by molar-refractivity contribution is -0.125. The molecule has 0 aliphatic rings. The van der Waals surface area contributed by atoms with E-state index in [0.717, 1.165) is 6.42 Å². The summed E-state index contributed by atoms with van der Waals surface area (Å²) in [6, 6.07) is 10.9. The average Bonchev–Trinajstić information content (AvgIpc) is 2.74. The predicted molar refractivity (Wildman–Crippen MR) is 106 cm³/mol. The zero-order valence-corrected chi connectivity index (χ0v) is 16.7. The second-order valence-corrected chi connectivity index (χ2v) is 6.23. The van der Waals surface area contributed by atoms with Crippen molar-refractivity contribution >= 4 is 29.4 Å². The number of hydrogen-bond acceptors (Lipinski definition) is 6. The lowest BCUT2D eigenvalue weighted by Crippen LogP contribution is -2.43. The van der Waals surface area contributed by atoms with Crippen LogP contribution in [0.2, 0.25) is 5.02 Å². The quantitative estimate of drug-likeness (QED) is 0.502. The molecule has 0 aliphatic carbocycles. The van der Waals surface area contributed by atoms with Gasteiger partial charge < -0.3 is 14.2 Å². The van der Waals surface area contributed by atoms with Crippen molar-refractivity contribution in [2.24, 2.45) is 0 Å². The number of halogens is 1. The van der Waals surface area contributed by atoms with Crippen LogP contribution in [0.25, 0.3) is 0 Å². The van der Waals surface area contributed by atoms with Crippen molar-refractivity contribution in [3.8, 4) is 11.5 Å². The van der Waals surface area contributed by atoms with Crippen molar-refractivity contribution in [2.75, 3.05) is 20.3 Å². The lowest BCUT2D eigenvalue weighted by atomic mass is 10.2. The molecule has 8 nitrogen and oxygen atoms in total. The Bertz CT molecular complexity index is 870. The Balaban J connectivity index is 1.81. The summed E-state index contributed by atoms with van der Waals surface area (Å²) in [4.78, 5) is 36.0. The van der Waals surface area contributed by atoms with Crippen molar-refractivity contribution in [1.82, 2.24) is 10.9 Å². The molecule has 0 unspecified atom stereocenters. The van der Waals surface area contributed by atoms with Crippen LogP contribution in [0.3, 0.4) is 0 Å². The van der Waals surface area contributed by atoms with E-state index in [1.54, 1.807) is 30.3 Å². The molecule has 0 spiro atoms. The summed E-state index contributed by atoms with van der Waals surface area (Å²) < 4.78 is 15.4. The molecule has 2 aromatic carbocycles. The monoisotopic (exact) mass is 420 g/mol. The minimum atomic E-state index is -0.712. The fraction of sp³-hybridized carbons (Fsp3) is 0.250. The third-order valence-corrected chi connectivity index (χ3v) is 3.85. The number of amides is 2. The predicted octanol–water partition coefficient (Wildman–Crippen LogP) is 2.76. The zero-order chi connectivity index (χ0) is 21.2. The van der Waals surface area contributed by atoms with Gasteiger partial charge >= 0.3 is 5.97 Å². The Labute approximate surface area is 173 Å². The number of carbonyl (C=O) groups is 3. The molecule has 154 valence electrons. The molecule has 0 atom stereocenters. The highest BCUT2D eigenvalue weighted by Crippen LogP contribution is 2.22. The van der Waals surface area contributed by atoms with Crippen LogP contribution in [0.15, 0.2) is 42.5 Å². The van der Waals surface area contributed by atoms with Crippen LogP contribution in [0.5, 0.6) is 11.5 Å². The molecule has 2 N–H and O–H groups in total. The maximum atomic E-state index is 12.2. The summed E-state index contributed by atoms with van der Waals surface area (Å²) in [6.07, 6.45) is 0.875. The molecular weight excluding hydrogens is 400 g/mol. The van der Waals surface area contributed by atoms with Gasteiger partial charge in [0.1, 0.15) is 11.5 Å². The number of esters is 1. The largest absolute Gasteiger partial charge is 0.496 e. The van der Waals surface area contributed by atoms with E-state index < -0.39 is 24.4 Å². The minimum Gasteiger partial charge on any atom is -0.496 e. The SMILES string of the molecule is CCCOc1ccc(C(=O)OCC(=O)NNC(=O)c2cc(Cl)ccc2OC)cc1. The van der Waals surface area contributed by atoms with Gasteiger partial charge in [-0.05, 0) is 48.9 Å². The van der Waals surface area contributed by atoms with E-state index in [-0.39, 0.29) is 11.1 Å². The molecule has 0 aliphatic heterocycles. The molecule has 0 saturated heterocycles. The van der Waals surface area contributed by atoms with Gasteiger partial charge in [0.15, 0.2) is 6.61 Å². The highest BCUT2D eigenvalue weighted by Gasteiger charge is 2.15. The number of carbonyl (C=O) groups excluding carboxylic acids is 3. The third-order valence-electron chi connectivity index (χ3n) is 3.62. The van der Waals surface area contributed by atoms with Gasteiger partial charge in [0.25, 0.3) is 11.8 Å². The van der Waals surface area contributed by atoms with E-state index in [0.29, 0.717) is 23.1 Å². The average molecular weight is 421 g/mol. The van der Waals surface area contributed by atoms with Crippen molar-refractivity contribution in [3.05, 3.63) is 58.6 Å². The molecule has 0 radical (unpaired) electrons. The molecule has 0 saturated carbocycles. The first kappa shape index (κ1) is 22.0. The lowest BCUT2D eigenvalue weighted by Gasteiger charge is -2.11. The van der Waals surface area contributed by atoms with E-state index in [9.17, 15) is 14.4 Å². The number of hydrazine groups is 1. The highest BCUT2D eigenvalue weighted by molar-refractivity contribution is 6.31. The standard InChI is InChI=1S/C20H21ClN2O6/c1-3-10-28-15-7-4-13(5-8-15)20(26)29-12-18(24)22-23-19(25)16-11-14(21)6-9-17(16)27-2/h4-9,11H,3,10,12H2,1-2H3,(H,22,24)(H,23,25).